The molecule has 1 N–H and O–H groups in total. The van der Waals surface area contributed by atoms with E-state index in [1.54, 1.807) is 24.5 Å². The fourth-order valence-electron chi connectivity index (χ4n) is 2.55. The molecule has 3 aromatic rings. The SMILES string of the molecule is CN(CCc1ccncc1)c1ccc(NC(=O)c2ccc(F)c(F)c2F)cn1. The van der Waals surface area contributed by atoms with Crippen LogP contribution in [0.25, 0.3) is 0 Å². The third-order valence-corrected chi connectivity index (χ3v) is 4.16. The Balaban J connectivity index is 1.62. The van der Waals surface area contributed by atoms with Gasteiger partial charge in [-0.1, -0.05) is 0 Å². The van der Waals surface area contributed by atoms with E-state index in [2.05, 4.69) is 15.3 Å². The lowest BCUT2D eigenvalue weighted by Gasteiger charge is -2.18. The summed E-state index contributed by atoms with van der Waals surface area (Å²) in [6.07, 6.45) is 5.70. The molecule has 0 aliphatic carbocycles. The predicted molar refractivity (Wildman–Crippen MR) is 99.7 cm³/mol. The summed E-state index contributed by atoms with van der Waals surface area (Å²) in [6, 6.07) is 8.77. The number of rotatable bonds is 6. The van der Waals surface area contributed by atoms with Gasteiger partial charge in [0.2, 0.25) is 0 Å². The summed E-state index contributed by atoms with van der Waals surface area (Å²) in [5.74, 6) is -4.77. The van der Waals surface area contributed by atoms with Gasteiger partial charge in [-0.2, -0.15) is 0 Å². The molecule has 0 fully saturated rings. The summed E-state index contributed by atoms with van der Waals surface area (Å²) in [4.78, 5) is 22.3. The van der Waals surface area contributed by atoms with Crippen LogP contribution in [-0.4, -0.2) is 29.5 Å². The summed E-state index contributed by atoms with van der Waals surface area (Å²) >= 11 is 0. The Labute approximate surface area is 159 Å². The molecule has 144 valence electrons. The quantitative estimate of drug-likeness (QED) is 0.655. The highest BCUT2D eigenvalue weighted by Crippen LogP contribution is 2.18. The molecule has 0 radical (unpaired) electrons. The van der Waals surface area contributed by atoms with Gasteiger partial charge in [0, 0.05) is 26.0 Å². The molecule has 1 amide bonds. The van der Waals surface area contributed by atoms with Gasteiger partial charge in [-0.25, -0.2) is 18.2 Å². The maximum Gasteiger partial charge on any atom is 0.258 e. The molecule has 0 atom stereocenters. The smallest absolute Gasteiger partial charge is 0.258 e. The molecule has 28 heavy (non-hydrogen) atoms. The lowest BCUT2D eigenvalue weighted by molar-refractivity contribution is 0.102. The summed E-state index contributed by atoms with van der Waals surface area (Å²) in [7, 11) is 1.89. The number of carbonyl (C=O) groups excluding carboxylic acids is 1. The highest BCUT2D eigenvalue weighted by atomic mass is 19.2. The van der Waals surface area contributed by atoms with Crippen molar-refractivity contribution >= 4 is 17.4 Å². The van der Waals surface area contributed by atoms with Crippen molar-refractivity contribution in [1.82, 2.24) is 9.97 Å². The minimum Gasteiger partial charge on any atom is -0.359 e. The zero-order chi connectivity index (χ0) is 20.1. The molecule has 8 heteroatoms. The Bertz CT molecular complexity index is 965. The summed E-state index contributed by atoms with van der Waals surface area (Å²) in [6.45, 7) is 0.725. The van der Waals surface area contributed by atoms with E-state index in [-0.39, 0.29) is 0 Å². The topological polar surface area (TPSA) is 58.1 Å². The van der Waals surface area contributed by atoms with E-state index in [4.69, 9.17) is 0 Å². The number of amides is 1. The maximum atomic E-state index is 13.7. The van der Waals surface area contributed by atoms with Crippen molar-refractivity contribution in [3.05, 3.63) is 83.6 Å². The van der Waals surface area contributed by atoms with Gasteiger partial charge in [0.25, 0.3) is 5.91 Å². The van der Waals surface area contributed by atoms with Crippen molar-refractivity contribution in [2.24, 2.45) is 0 Å². The van der Waals surface area contributed by atoms with Crippen molar-refractivity contribution in [2.45, 2.75) is 6.42 Å². The van der Waals surface area contributed by atoms with Crippen molar-refractivity contribution in [3.63, 3.8) is 0 Å². The lowest BCUT2D eigenvalue weighted by Crippen LogP contribution is -2.21. The fraction of sp³-hybridized carbons (Fsp3) is 0.150. The number of anilines is 2. The molecule has 0 spiro atoms. The number of aromatic nitrogens is 2. The van der Waals surface area contributed by atoms with Crippen LogP contribution in [0.15, 0.2) is 55.0 Å². The van der Waals surface area contributed by atoms with E-state index >= 15 is 0 Å². The predicted octanol–water partition coefficient (Wildman–Crippen LogP) is 3.83. The second kappa shape index (κ2) is 8.51. The number of nitrogens with one attached hydrogen (secondary N) is 1. The number of halogens is 3. The van der Waals surface area contributed by atoms with Crippen molar-refractivity contribution in [1.29, 1.82) is 0 Å². The molecule has 1 aromatic carbocycles. The first kappa shape index (κ1) is 19.3. The van der Waals surface area contributed by atoms with Crippen molar-refractivity contribution in [2.75, 3.05) is 23.8 Å². The lowest BCUT2D eigenvalue weighted by atomic mass is 10.2. The molecular formula is C20H17F3N4O. The summed E-state index contributed by atoms with van der Waals surface area (Å²) in [5, 5.41) is 2.41. The van der Waals surface area contributed by atoms with Crippen molar-refractivity contribution in [3.8, 4) is 0 Å². The summed E-state index contributed by atoms with van der Waals surface area (Å²) in [5.41, 5.74) is 0.872. The number of nitrogens with zero attached hydrogens (tertiary/aromatic N) is 3. The van der Waals surface area contributed by atoms with Gasteiger partial charge in [0.05, 0.1) is 17.4 Å². The number of likely N-dealkylation sites (N-methyl/N-ethyl adjacent to an activating group) is 1. The van der Waals surface area contributed by atoms with Gasteiger partial charge >= 0.3 is 0 Å². The zero-order valence-electron chi connectivity index (χ0n) is 15.0. The Morgan fingerprint density at radius 3 is 2.46 bits per heavy atom. The Hall–Kier alpha value is -3.42. The molecule has 0 unspecified atom stereocenters. The minimum absolute atomic E-state index is 0.306. The van der Waals surface area contributed by atoms with Gasteiger partial charge in [-0.05, 0) is 48.4 Å². The molecular weight excluding hydrogens is 369 g/mol. The van der Waals surface area contributed by atoms with E-state index in [1.807, 2.05) is 24.1 Å². The van der Waals surface area contributed by atoms with Crippen LogP contribution in [0.2, 0.25) is 0 Å². The molecule has 0 bridgehead atoms. The van der Waals surface area contributed by atoms with Gasteiger partial charge < -0.3 is 10.2 Å². The Morgan fingerprint density at radius 2 is 1.79 bits per heavy atom. The van der Waals surface area contributed by atoms with E-state index < -0.39 is 28.9 Å². The first-order valence-corrected chi connectivity index (χ1v) is 8.46. The first-order valence-electron chi connectivity index (χ1n) is 8.46. The van der Waals surface area contributed by atoms with Gasteiger partial charge in [-0.3, -0.25) is 9.78 Å². The van der Waals surface area contributed by atoms with E-state index in [0.29, 0.717) is 17.6 Å². The van der Waals surface area contributed by atoms with Crippen LogP contribution in [0.3, 0.4) is 0 Å². The minimum atomic E-state index is -1.68. The number of carbonyl (C=O) groups is 1. The molecule has 2 heterocycles. The second-order valence-corrected chi connectivity index (χ2v) is 6.11. The van der Waals surface area contributed by atoms with E-state index in [9.17, 15) is 18.0 Å². The normalized spacial score (nSPS) is 10.6. The van der Waals surface area contributed by atoms with Gasteiger partial charge in [0.15, 0.2) is 17.5 Å². The standard InChI is InChI=1S/C20H17F3N4O/c1-27(11-8-13-6-9-24-10-7-13)17-5-2-14(12-25-17)26-20(28)15-3-4-16(21)19(23)18(15)22/h2-7,9-10,12H,8,11H2,1H3,(H,26,28). The number of hydrogen-bond donors (Lipinski definition) is 1. The third-order valence-electron chi connectivity index (χ3n) is 4.16. The number of pyridine rings is 2. The van der Waals surface area contributed by atoms with Crippen molar-refractivity contribution < 1.29 is 18.0 Å². The van der Waals surface area contributed by atoms with Crippen LogP contribution in [0.4, 0.5) is 24.7 Å². The molecule has 0 aliphatic rings. The van der Waals surface area contributed by atoms with Gasteiger partial charge in [-0.15, -0.1) is 0 Å². The highest BCUT2D eigenvalue weighted by Gasteiger charge is 2.19. The zero-order valence-corrected chi connectivity index (χ0v) is 15.0. The van der Waals surface area contributed by atoms with E-state index in [1.165, 1.54) is 6.20 Å². The molecule has 2 aromatic heterocycles. The van der Waals surface area contributed by atoms with Crippen LogP contribution in [0.5, 0.6) is 0 Å². The second-order valence-electron chi connectivity index (χ2n) is 6.11. The molecule has 0 saturated heterocycles. The van der Waals surface area contributed by atoms with Crippen LogP contribution in [0, 0.1) is 17.5 Å². The summed E-state index contributed by atoms with van der Waals surface area (Å²) < 4.78 is 40.0. The Morgan fingerprint density at radius 1 is 1.04 bits per heavy atom. The van der Waals surface area contributed by atoms with Crippen LogP contribution in [-0.2, 0) is 6.42 Å². The fourth-order valence-corrected chi connectivity index (χ4v) is 2.55. The molecule has 3 rings (SSSR count). The maximum absolute atomic E-state index is 13.7. The average molecular weight is 386 g/mol. The monoisotopic (exact) mass is 386 g/mol. The number of hydrogen-bond acceptors (Lipinski definition) is 4. The molecule has 5 nitrogen and oxygen atoms in total. The Kier molecular flexibility index (Phi) is 5.88. The van der Waals surface area contributed by atoms with Crippen LogP contribution < -0.4 is 10.2 Å². The third kappa shape index (κ3) is 4.46. The van der Waals surface area contributed by atoms with Gasteiger partial charge in [0.1, 0.15) is 5.82 Å². The van der Waals surface area contributed by atoms with Crippen LogP contribution in [0.1, 0.15) is 15.9 Å². The largest absolute Gasteiger partial charge is 0.359 e. The average Bonchev–Trinajstić information content (AvgIpc) is 2.71. The number of benzene rings is 1. The van der Waals surface area contributed by atoms with Crippen LogP contribution >= 0.6 is 0 Å². The molecule has 0 aliphatic heterocycles. The molecule has 0 saturated carbocycles. The van der Waals surface area contributed by atoms with E-state index in [0.717, 1.165) is 24.6 Å². The first-order chi connectivity index (χ1) is 13.5. The highest BCUT2D eigenvalue weighted by molar-refractivity contribution is 6.04.